The molecular weight excluding hydrogens is 302 g/mol. The van der Waals surface area contributed by atoms with Gasteiger partial charge in [0.1, 0.15) is 11.5 Å². The topological polar surface area (TPSA) is 47.6 Å². The lowest BCUT2D eigenvalue weighted by molar-refractivity contribution is 0.0948. The summed E-state index contributed by atoms with van der Waals surface area (Å²) in [6.07, 6.45) is 0. The van der Waals surface area contributed by atoms with E-state index in [0.29, 0.717) is 17.9 Å². The fraction of sp³-hybridized carbons (Fsp3) is 0.150. The Hall–Kier alpha value is -3.01. The molecule has 0 atom stereocenters. The normalized spacial score (nSPS) is 10.4. The Balaban J connectivity index is 1.79. The molecule has 0 bridgehead atoms. The van der Waals surface area contributed by atoms with Gasteiger partial charge in [-0.1, -0.05) is 36.4 Å². The molecule has 4 nitrogen and oxygen atoms in total. The smallest absolute Gasteiger partial charge is 0.255 e. The van der Waals surface area contributed by atoms with Gasteiger partial charge in [-0.05, 0) is 40.6 Å². The molecule has 0 aromatic heterocycles. The molecule has 3 rings (SSSR count). The van der Waals surface area contributed by atoms with Crippen LogP contribution in [0.15, 0.2) is 60.7 Å². The van der Waals surface area contributed by atoms with E-state index in [9.17, 15) is 4.79 Å². The second-order valence-corrected chi connectivity index (χ2v) is 5.43. The average Bonchev–Trinajstić information content (AvgIpc) is 2.65. The molecule has 0 radical (unpaired) electrons. The van der Waals surface area contributed by atoms with Crippen LogP contribution in [0.25, 0.3) is 10.8 Å². The minimum absolute atomic E-state index is 0.159. The second kappa shape index (κ2) is 7.04. The molecule has 122 valence electrons. The van der Waals surface area contributed by atoms with Gasteiger partial charge in [0, 0.05) is 6.54 Å². The van der Waals surface area contributed by atoms with Crippen molar-refractivity contribution in [3.8, 4) is 11.5 Å². The zero-order chi connectivity index (χ0) is 16.9. The molecule has 0 unspecified atom stereocenters. The second-order valence-electron chi connectivity index (χ2n) is 5.43. The third-order valence-corrected chi connectivity index (χ3v) is 3.92. The van der Waals surface area contributed by atoms with Crippen LogP contribution in [0.1, 0.15) is 15.9 Å². The minimum atomic E-state index is -0.159. The lowest BCUT2D eigenvalue weighted by Crippen LogP contribution is -2.23. The molecule has 3 aromatic rings. The Labute approximate surface area is 141 Å². The highest BCUT2D eigenvalue weighted by molar-refractivity contribution is 6.01. The van der Waals surface area contributed by atoms with E-state index in [-0.39, 0.29) is 5.91 Å². The summed E-state index contributed by atoms with van der Waals surface area (Å²) in [6, 6.07) is 19.2. The van der Waals surface area contributed by atoms with Gasteiger partial charge in [-0.2, -0.15) is 0 Å². The summed E-state index contributed by atoms with van der Waals surface area (Å²) in [7, 11) is 3.20. The molecule has 0 spiro atoms. The van der Waals surface area contributed by atoms with Crippen LogP contribution in [0.3, 0.4) is 0 Å². The molecule has 0 saturated carbocycles. The van der Waals surface area contributed by atoms with E-state index < -0.39 is 0 Å². The first-order chi connectivity index (χ1) is 11.7. The zero-order valence-corrected chi connectivity index (χ0v) is 13.7. The van der Waals surface area contributed by atoms with E-state index in [2.05, 4.69) is 5.32 Å². The average molecular weight is 321 g/mol. The van der Waals surface area contributed by atoms with E-state index >= 15 is 0 Å². The summed E-state index contributed by atoms with van der Waals surface area (Å²) in [5.41, 5.74) is 1.54. The van der Waals surface area contributed by atoms with Crippen molar-refractivity contribution in [2.45, 2.75) is 6.54 Å². The maximum atomic E-state index is 12.5. The Morgan fingerprint density at radius 2 is 1.58 bits per heavy atom. The fourth-order valence-corrected chi connectivity index (χ4v) is 2.59. The number of fused-ring (bicyclic) bond motifs is 1. The van der Waals surface area contributed by atoms with Gasteiger partial charge in [-0.3, -0.25) is 4.79 Å². The Morgan fingerprint density at radius 1 is 0.917 bits per heavy atom. The monoisotopic (exact) mass is 321 g/mol. The van der Waals surface area contributed by atoms with Crippen LogP contribution < -0.4 is 14.8 Å². The van der Waals surface area contributed by atoms with Crippen LogP contribution in [-0.4, -0.2) is 20.1 Å². The highest BCUT2D eigenvalue weighted by Crippen LogP contribution is 2.26. The molecule has 0 fully saturated rings. The maximum absolute atomic E-state index is 12.5. The summed E-state index contributed by atoms with van der Waals surface area (Å²) >= 11 is 0. The first kappa shape index (κ1) is 15.9. The lowest BCUT2D eigenvalue weighted by Gasteiger charge is -2.11. The Bertz CT molecular complexity index is 856. The number of amides is 1. The van der Waals surface area contributed by atoms with Crippen molar-refractivity contribution in [3.63, 3.8) is 0 Å². The molecule has 0 heterocycles. The van der Waals surface area contributed by atoms with E-state index in [1.165, 1.54) is 0 Å². The number of rotatable bonds is 5. The van der Waals surface area contributed by atoms with Crippen molar-refractivity contribution < 1.29 is 14.3 Å². The molecule has 0 aliphatic heterocycles. The van der Waals surface area contributed by atoms with Crippen LogP contribution >= 0.6 is 0 Å². The quantitative estimate of drug-likeness (QED) is 0.778. The molecular formula is C20H19NO3. The van der Waals surface area contributed by atoms with Gasteiger partial charge in [0.25, 0.3) is 5.91 Å². The number of ether oxygens (including phenoxy) is 2. The number of methoxy groups -OCH3 is 2. The van der Waals surface area contributed by atoms with Crippen LogP contribution in [0, 0.1) is 0 Å². The summed E-state index contributed by atoms with van der Waals surface area (Å²) in [5.74, 6) is 1.20. The summed E-state index contributed by atoms with van der Waals surface area (Å²) in [6.45, 7) is 0.443. The Morgan fingerprint density at radius 3 is 2.21 bits per heavy atom. The molecule has 1 amide bonds. The van der Waals surface area contributed by atoms with Crippen molar-refractivity contribution in [2.75, 3.05) is 14.2 Å². The van der Waals surface area contributed by atoms with Gasteiger partial charge in [0.2, 0.25) is 0 Å². The number of hydrogen-bond donors (Lipinski definition) is 1. The van der Waals surface area contributed by atoms with Crippen LogP contribution in [-0.2, 0) is 6.54 Å². The van der Waals surface area contributed by atoms with E-state index in [1.807, 2.05) is 60.7 Å². The zero-order valence-electron chi connectivity index (χ0n) is 13.7. The molecule has 0 aliphatic rings. The maximum Gasteiger partial charge on any atom is 0.255 e. The molecule has 1 N–H and O–H groups in total. The van der Waals surface area contributed by atoms with Gasteiger partial charge in [-0.25, -0.2) is 0 Å². The number of benzene rings is 3. The van der Waals surface area contributed by atoms with Crippen molar-refractivity contribution in [2.24, 2.45) is 0 Å². The first-order valence-electron chi connectivity index (χ1n) is 7.69. The third kappa shape index (κ3) is 3.33. The molecule has 0 aliphatic carbocycles. The molecule has 3 aromatic carbocycles. The summed E-state index contributed by atoms with van der Waals surface area (Å²) in [4.78, 5) is 12.5. The van der Waals surface area contributed by atoms with E-state index in [4.69, 9.17) is 9.47 Å². The van der Waals surface area contributed by atoms with Crippen molar-refractivity contribution in [1.82, 2.24) is 5.32 Å². The van der Waals surface area contributed by atoms with Gasteiger partial charge in [0.15, 0.2) is 0 Å². The van der Waals surface area contributed by atoms with Gasteiger partial charge in [0.05, 0.1) is 19.8 Å². The van der Waals surface area contributed by atoms with Crippen LogP contribution in [0.2, 0.25) is 0 Å². The summed E-state index contributed by atoms with van der Waals surface area (Å²) in [5, 5.41) is 4.98. The Kier molecular flexibility index (Phi) is 4.66. The standard InChI is InChI=1S/C20H19NO3/c1-23-17-9-7-14(8-10-17)13-21-20(22)18-11-15-5-3-4-6-16(15)12-19(18)24-2/h3-12H,13H2,1-2H3,(H,21,22). The predicted octanol–water partition coefficient (Wildman–Crippen LogP) is 3.79. The molecule has 4 heteroatoms. The van der Waals surface area contributed by atoms with Crippen molar-refractivity contribution in [3.05, 3.63) is 71.8 Å². The van der Waals surface area contributed by atoms with Crippen LogP contribution in [0.4, 0.5) is 0 Å². The van der Waals surface area contributed by atoms with Gasteiger partial charge < -0.3 is 14.8 Å². The minimum Gasteiger partial charge on any atom is -0.497 e. The number of carbonyl (C=O) groups is 1. The number of nitrogens with one attached hydrogen (secondary N) is 1. The fourth-order valence-electron chi connectivity index (χ4n) is 2.59. The van der Waals surface area contributed by atoms with E-state index in [1.54, 1.807) is 14.2 Å². The SMILES string of the molecule is COc1ccc(CNC(=O)c2cc3ccccc3cc2OC)cc1. The highest BCUT2D eigenvalue weighted by atomic mass is 16.5. The highest BCUT2D eigenvalue weighted by Gasteiger charge is 2.13. The molecule has 24 heavy (non-hydrogen) atoms. The van der Waals surface area contributed by atoms with Crippen LogP contribution in [0.5, 0.6) is 11.5 Å². The predicted molar refractivity (Wildman–Crippen MR) is 94.7 cm³/mol. The van der Waals surface area contributed by atoms with Gasteiger partial charge >= 0.3 is 0 Å². The molecule has 0 saturated heterocycles. The van der Waals surface area contributed by atoms with Gasteiger partial charge in [-0.15, -0.1) is 0 Å². The number of carbonyl (C=O) groups excluding carboxylic acids is 1. The summed E-state index contributed by atoms with van der Waals surface area (Å²) < 4.78 is 10.5. The first-order valence-corrected chi connectivity index (χ1v) is 7.69. The third-order valence-electron chi connectivity index (χ3n) is 3.92. The van der Waals surface area contributed by atoms with Crippen molar-refractivity contribution in [1.29, 1.82) is 0 Å². The van der Waals surface area contributed by atoms with E-state index in [0.717, 1.165) is 22.1 Å². The van der Waals surface area contributed by atoms with Crippen molar-refractivity contribution >= 4 is 16.7 Å². The largest absolute Gasteiger partial charge is 0.497 e. The lowest BCUT2D eigenvalue weighted by atomic mass is 10.1. The number of hydrogen-bond acceptors (Lipinski definition) is 3.